The number of hydrogen-bond donors (Lipinski definition) is 0. The fourth-order valence-electron chi connectivity index (χ4n) is 2.09. The SMILES string of the molecule is C=CCN1C(=O)/C(=C\c2ccc(-n3ccnc3)cc2)SC1=S. The van der Waals surface area contributed by atoms with E-state index in [-0.39, 0.29) is 5.91 Å². The van der Waals surface area contributed by atoms with Crippen LogP contribution in [0.2, 0.25) is 0 Å². The molecule has 0 radical (unpaired) electrons. The van der Waals surface area contributed by atoms with E-state index in [4.69, 9.17) is 12.2 Å². The maximum atomic E-state index is 12.3. The number of thiocarbonyl (C=S) groups is 1. The van der Waals surface area contributed by atoms with Crippen LogP contribution in [0, 0.1) is 0 Å². The fourth-order valence-corrected chi connectivity index (χ4v) is 3.37. The average molecular weight is 327 g/mol. The van der Waals surface area contributed by atoms with Gasteiger partial charge in [-0.05, 0) is 23.8 Å². The number of benzene rings is 1. The summed E-state index contributed by atoms with van der Waals surface area (Å²) in [6, 6.07) is 7.90. The van der Waals surface area contributed by atoms with E-state index in [1.54, 1.807) is 23.5 Å². The molecule has 2 heterocycles. The summed E-state index contributed by atoms with van der Waals surface area (Å²) >= 11 is 6.54. The number of carbonyl (C=O) groups excluding carboxylic acids is 1. The van der Waals surface area contributed by atoms with Crippen LogP contribution in [0.1, 0.15) is 5.56 Å². The molecular formula is C16H13N3OS2. The number of hydrogen-bond acceptors (Lipinski definition) is 4. The van der Waals surface area contributed by atoms with Gasteiger partial charge < -0.3 is 4.57 Å². The molecule has 0 aliphatic carbocycles. The van der Waals surface area contributed by atoms with Crippen molar-refractivity contribution in [3.63, 3.8) is 0 Å². The molecule has 6 heteroatoms. The Morgan fingerprint density at radius 3 is 2.73 bits per heavy atom. The van der Waals surface area contributed by atoms with Crippen molar-refractivity contribution in [2.24, 2.45) is 0 Å². The lowest BCUT2D eigenvalue weighted by Gasteiger charge is -2.10. The Morgan fingerprint density at radius 1 is 1.32 bits per heavy atom. The van der Waals surface area contributed by atoms with Gasteiger partial charge >= 0.3 is 0 Å². The van der Waals surface area contributed by atoms with E-state index in [1.165, 1.54) is 11.8 Å². The zero-order chi connectivity index (χ0) is 15.5. The normalized spacial score (nSPS) is 16.5. The van der Waals surface area contributed by atoms with Crippen LogP contribution in [0.3, 0.4) is 0 Å². The van der Waals surface area contributed by atoms with Gasteiger partial charge in [0.15, 0.2) is 0 Å². The molecule has 1 aromatic heterocycles. The van der Waals surface area contributed by atoms with Crippen LogP contribution in [0.15, 0.2) is 60.5 Å². The first-order chi connectivity index (χ1) is 10.7. The van der Waals surface area contributed by atoms with Crippen LogP contribution in [0.4, 0.5) is 0 Å². The van der Waals surface area contributed by atoms with E-state index in [2.05, 4.69) is 11.6 Å². The van der Waals surface area contributed by atoms with Gasteiger partial charge in [0.25, 0.3) is 5.91 Å². The van der Waals surface area contributed by atoms with Gasteiger partial charge in [0.2, 0.25) is 0 Å². The quantitative estimate of drug-likeness (QED) is 0.491. The standard InChI is InChI=1S/C16H13N3OS2/c1-2-8-19-15(20)14(22-16(19)21)10-12-3-5-13(6-4-12)18-9-7-17-11-18/h2-7,9-11H,1,8H2/b14-10+. The summed E-state index contributed by atoms with van der Waals surface area (Å²) in [5, 5.41) is 0. The Morgan fingerprint density at radius 2 is 2.09 bits per heavy atom. The lowest BCUT2D eigenvalue weighted by molar-refractivity contribution is -0.121. The maximum absolute atomic E-state index is 12.3. The summed E-state index contributed by atoms with van der Waals surface area (Å²) in [6.07, 6.45) is 8.90. The zero-order valence-electron chi connectivity index (χ0n) is 11.7. The van der Waals surface area contributed by atoms with Gasteiger partial charge in [-0.15, -0.1) is 6.58 Å². The number of thioether (sulfide) groups is 1. The zero-order valence-corrected chi connectivity index (χ0v) is 13.3. The van der Waals surface area contributed by atoms with Gasteiger partial charge in [-0.3, -0.25) is 9.69 Å². The van der Waals surface area contributed by atoms with Crippen LogP contribution in [0.5, 0.6) is 0 Å². The molecule has 3 rings (SSSR count). The molecule has 0 saturated carbocycles. The molecule has 4 nitrogen and oxygen atoms in total. The number of rotatable bonds is 4. The Bertz CT molecular complexity index is 748. The predicted octanol–water partition coefficient (Wildman–Crippen LogP) is 3.26. The van der Waals surface area contributed by atoms with Crippen molar-refractivity contribution in [2.45, 2.75) is 0 Å². The molecular weight excluding hydrogens is 314 g/mol. The van der Waals surface area contributed by atoms with Crippen LogP contribution >= 0.6 is 24.0 Å². The lowest BCUT2D eigenvalue weighted by atomic mass is 10.2. The van der Waals surface area contributed by atoms with E-state index >= 15 is 0 Å². The van der Waals surface area contributed by atoms with Crippen molar-refractivity contribution in [3.8, 4) is 5.69 Å². The van der Waals surface area contributed by atoms with Gasteiger partial charge in [-0.2, -0.15) is 0 Å². The topological polar surface area (TPSA) is 38.1 Å². The van der Waals surface area contributed by atoms with Gasteiger partial charge in [0.1, 0.15) is 4.32 Å². The number of aromatic nitrogens is 2. The number of imidazole rings is 1. The van der Waals surface area contributed by atoms with E-state index in [0.717, 1.165) is 11.3 Å². The highest BCUT2D eigenvalue weighted by Crippen LogP contribution is 2.32. The molecule has 1 aromatic carbocycles. The number of nitrogens with zero attached hydrogens (tertiary/aromatic N) is 3. The predicted molar refractivity (Wildman–Crippen MR) is 93.6 cm³/mol. The van der Waals surface area contributed by atoms with Crippen molar-refractivity contribution in [2.75, 3.05) is 6.54 Å². The Labute approximate surface area is 138 Å². The summed E-state index contributed by atoms with van der Waals surface area (Å²) in [5.74, 6) is -0.0615. The molecule has 1 saturated heterocycles. The third-order valence-electron chi connectivity index (χ3n) is 3.18. The van der Waals surface area contributed by atoms with Gasteiger partial charge in [-0.1, -0.05) is 42.2 Å². The van der Waals surface area contributed by atoms with Crippen molar-refractivity contribution >= 4 is 40.3 Å². The third-order valence-corrected chi connectivity index (χ3v) is 4.56. The maximum Gasteiger partial charge on any atom is 0.266 e. The molecule has 22 heavy (non-hydrogen) atoms. The van der Waals surface area contributed by atoms with E-state index in [0.29, 0.717) is 15.8 Å². The van der Waals surface area contributed by atoms with Gasteiger partial charge in [0.05, 0.1) is 11.2 Å². The van der Waals surface area contributed by atoms with E-state index < -0.39 is 0 Å². The molecule has 0 spiro atoms. The molecule has 110 valence electrons. The van der Waals surface area contributed by atoms with Crippen LogP contribution in [-0.2, 0) is 4.79 Å². The van der Waals surface area contributed by atoms with E-state index in [9.17, 15) is 4.79 Å². The monoisotopic (exact) mass is 327 g/mol. The highest BCUT2D eigenvalue weighted by atomic mass is 32.2. The average Bonchev–Trinajstić information content (AvgIpc) is 3.13. The molecule has 1 aliphatic heterocycles. The highest BCUT2D eigenvalue weighted by Gasteiger charge is 2.30. The second-order valence-electron chi connectivity index (χ2n) is 4.64. The molecule has 0 N–H and O–H groups in total. The second-order valence-corrected chi connectivity index (χ2v) is 6.32. The molecule has 2 aromatic rings. The van der Waals surface area contributed by atoms with Crippen molar-refractivity contribution < 1.29 is 4.79 Å². The van der Waals surface area contributed by atoms with E-state index in [1.807, 2.05) is 41.1 Å². The summed E-state index contributed by atoms with van der Waals surface area (Å²) in [6.45, 7) is 4.09. The minimum Gasteiger partial charge on any atom is -0.306 e. The minimum absolute atomic E-state index is 0.0615. The molecule has 0 atom stereocenters. The first kappa shape index (κ1) is 14.7. The van der Waals surface area contributed by atoms with Gasteiger partial charge in [0, 0.05) is 24.6 Å². The second kappa shape index (κ2) is 6.29. The van der Waals surface area contributed by atoms with Crippen molar-refractivity contribution in [1.29, 1.82) is 0 Å². The summed E-state index contributed by atoms with van der Waals surface area (Å²) in [4.78, 5) is 18.5. The van der Waals surface area contributed by atoms with Gasteiger partial charge in [-0.25, -0.2) is 4.98 Å². The first-order valence-electron chi connectivity index (χ1n) is 6.63. The van der Waals surface area contributed by atoms with Crippen LogP contribution in [-0.4, -0.2) is 31.2 Å². The fraction of sp³-hybridized carbons (Fsp3) is 0.0625. The van der Waals surface area contributed by atoms with Crippen LogP contribution in [0.25, 0.3) is 11.8 Å². The summed E-state index contributed by atoms with van der Waals surface area (Å²) in [7, 11) is 0. The molecule has 1 amide bonds. The molecule has 1 aliphatic rings. The number of amides is 1. The summed E-state index contributed by atoms with van der Waals surface area (Å²) < 4.78 is 2.50. The lowest BCUT2D eigenvalue weighted by Crippen LogP contribution is -2.27. The largest absolute Gasteiger partial charge is 0.306 e. The number of carbonyl (C=O) groups is 1. The third kappa shape index (κ3) is 2.88. The first-order valence-corrected chi connectivity index (χ1v) is 7.86. The van der Waals surface area contributed by atoms with Crippen molar-refractivity contribution in [1.82, 2.24) is 14.5 Å². The summed E-state index contributed by atoms with van der Waals surface area (Å²) in [5.41, 5.74) is 1.98. The molecule has 1 fully saturated rings. The minimum atomic E-state index is -0.0615. The molecule has 0 bridgehead atoms. The van der Waals surface area contributed by atoms with Crippen molar-refractivity contribution in [3.05, 3.63) is 66.1 Å². The Balaban J connectivity index is 1.82. The molecule has 0 unspecified atom stereocenters. The Hall–Kier alpha value is -2.18. The smallest absolute Gasteiger partial charge is 0.266 e. The Kier molecular flexibility index (Phi) is 4.22. The van der Waals surface area contributed by atoms with Crippen LogP contribution < -0.4 is 0 Å². The highest BCUT2D eigenvalue weighted by molar-refractivity contribution is 8.26.